The number of hydrogen-bond acceptors (Lipinski definition) is 3. The predicted octanol–water partition coefficient (Wildman–Crippen LogP) is 4.60. The number of hydrogen-bond donors (Lipinski definition) is 2. The van der Waals surface area contributed by atoms with Crippen LogP contribution >= 0.6 is 23.2 Å². The molecule has 2 heterocycles. The van der Waals surface area contributed by atoms with Gasteiger partial charge in [-0.2, -0.15) is 0 Å². The molecule has 1 aliphatic heterocycles. The topological polar surface area (TPSA) is 65.2 Å². The summed E-state index contributed by atoms with van der Waals surface area (Å²) < 4.78 is 41.1. The van der Waals surface area contributed by atoms with Gasteiger partial charge in [0.05, 0.1) is 9.92 Å². The van der Waals surface area contributed by atoms with Crippen molar-refractivity contribution in [1.29, 1.82) is 0 Å². The molecule has 1 saturated heterocycles. The van der Waals surface area contributed by atoms with Crippen LogP contribution in [0.2, 0.25) is 10.0 Å². The summed E-state index contributed by atoms with van der Waals surface area (Å²) in [7, 11) is -3.74. The highest BCUT2D eigenvalue weighted by atomic mass is 35.5. The van der Waals surface area contributed by atoms with Crippen LogP contribution in [-0.4, -0.2) is 44.0 Å². The van der Waals surface area contributed by atoms with Crippen molar-refractivity contribution in [3.8, 4) is 0 Å². The second kappa shape index (κ2) is 8.85. The Hall–Kier alpha value is -1.64. The third kappa shape index (κ3) is 4.81. The fourth-order valence-corrected chi connectivity index (χ4v) is 5.62. The largest absolute Gasteiger partial charge is 0.361 e. The van der Waals surface area contributed by atoms with Gasteiger partial charge >= 0.3 is 0 Å². The highest BCUT2D eigenvalue weighted by Crippen LogP contribution is 2.24. The molecule has 1 fully saturated rings. The average molecular weight is 470 g/mol. The van der Waals surface area contributed by atoms with Crippen LogP contribution in [0.15, 0.2) is 47.5 Å². The molecule has 0 aliphatic carbocycles. The van der Waals surface area contributed by atoms with E-state index in [1.807, 2.05) is 24.4 Å². The summed E-state index contributed by atoms with van der Waals surface area (Å²) in [4.78, 5) is 5.50. The zero-order valence-electron chi connectivity index (χ0n) is 16.2. The van der Waals surface area contributed by atoms with Gasteiger partial charge in [0.15, 0.2) is 0 Å². The van der Waals surface area contributed by atoms with Crippen molar-refractivity contribution in [1.82, 2.24) is 14.6 Å². The first-order valence-electron chi connectivity index (χ1n) is 9.77. The molecule has 30 heavy (non-hydrogen) atoms. The van der Waals surface area contributed by atoms with Gasteiger partial charge in [-0.15, -0.1) is 0 Å². The lowest BCUT2D eigenvalue weighted by molar-refractivity contribution is 0.327. The molecule has 1 atom stereocenters. The lowest BCUT2D eigenvalue weighted by atomic mass is 10.1. The number of aromatic nitrogens is 1. The maximum Gasteiger partial charge on any atom is 0.240 e. The molecule has 9 heteroatoms. The van der Waals surface area contributed by atoms with Gasteiger partial charge in [0.2, 0.25) is 10.0 Å². The normalized spacial score (nSPS) is 17.8. The lowest BCUT2D eigenvalue weighted by Gasteiger charge is -2.17. The van der Waals surface area contributed by atoms with E-state index in [1.54, 1.807) is 0 Å². The van der Waals surface area contributed by atoms with Gasteiger partial charge in [0.1, 0.15) is 5.82 Å². The quantitative estimate of drug-likeness (QED) is 0.531. The molecule has 1 unspecified atom stereocenters. The number of aromatic amines is 1. The lowest BCUT2D eigenvalue weighted by Crippen LogP contribution is -2.37. The number of H-pyrrole nitrogens is 1. The second-order valence-electron chi connectivity index (χ2n) is 7.59. The molecule has 5 nitrogen and oxygen atoms in total. The number of aryl methyl sites for hydroxylation is 1. The SMILES string of the molecule is O=S(=O)(NC1CCN(CCCc2c[nH]c3ccc(Cl)cc23)C1)c1ccc(F)c(Cl)c1. The van der Waals surface area contributed by atoms with Crippen molar-refractivity contribution in [2.45, 2.75) is 30.2 Å². The molecule has 0 amide bonds. The maximum absolute atomic E-state index is 13.3. The van der Waals surface area contributed by atoms with Crippen molar-refractivity contribution < 1.29 is 12.8 Å². The highest BCUT2D eigenvalue weighted by Gasteiger charge is 2.27. The van der Waals surface area contributed by atoms with Crippen LogP contribution in [0.5, 0.6) is 0 Å². The molecular formula is C21H22Cl2FN3O2S. The molecule has 0 bridgehead atoms. The summed E-state index contributed by atoms with van der Waals surface area (Å²) in [5, 5.41) is 1.66. The van der Waals surface area contributed by atoms with Crippen LogP contribution in [0.3, 0.4) is 0 Å². The maximum atomic E-state index is 13.3. The van der Waals surface area contributed by atoms with Crippen molar-refractivity contribution in [3.05, 3.63) is 64.0 Å². The Balaban J connectivity index is 1.30. The number of likely N-dealkylation sites (tertiary alicyclic amines) is 1. The zero-order chi connectivity index (χ0) is 21.3. The van der Waals surface area contributed by atoms with Gasteiger partial charge in [-0.1, -0.05) is 23.2 Å². The highest BCUT2D eigenvalue weighted by molar-refractivity contribution is 7.89. The molecule has 4 rings (SSSR count). The van der Waals surface area contributed by atoms with Crippen LogP contribution in [0.1, 0.15) is 18.4 Å². The van der Waals surface area contributed by atoms with E-state index in [0.717, 1.165) is 60.4 Å². The molecule has 3 aromatic rings. The molecule has 1 aliphatic rings. The Bertz CT molecular complexity index is 1170. The van der Waals surface area contributed by atoms with Crippen LogP contribution in [0.25, 0.3) is 10.9 Å². The van der Waals surface area contributed by atoms with Gasteiger partial charge in [-0.05, 0) is 74.3 Å². The molecule has 0 saturated carbocycles. The Morgan fingerprint density at radius 3 is 2.83 bits per heavy atom. The molecule has 2 N–H and O–H groups in total. The number of fused-ring (bicyclic) bond motifs is 1. The predicted molar refractivity (Wildman–Crippen MR) is 118 cm³/mol. The van der Waals surface area contributed by atoms with E-state index in [-0.39, 0.29) is 16.0 Å². The fourth-order valence-electron chi connectivity index (χ4n) is 3.91. The van der Waals surface area contributed by atoms with E-state index in [1.165, 1.54) is 11.6 Å². The Morgan fingerprint density at radius 1 is 1.20 bits per heavy atom. The summed E-state index contributed by atoms with van der Waals surface area (Å²) in [5.74, 6) is -0.639. The van der Waals surface area contributed by atoms with E-state index < -0.39 is 15.8 Å². The van der Waals surface area contributed by atoms with E-state index in [2.05, 4.69) is 14.6 Å². The van der Waals surface area contributed by atoms with Gasteiger partial charge in [0, 0.05) is 34.7 Å². The van der Waals surface area contributed by atoms with Crippen molar-refractivity contribution >= 4 is 44.1 Å². The second-order valence-corrected chi connectivity index (χ2v) is 10.1. The Kier molecular flexibility index (Phi) is 6.36. The minimum Gasteiger partial charge on any atom is -0.361 e. The molecule has 160 valence electrons. The minimum atomic E-state index is -3.74. The van der Waals surface area contributed by atoms with Crippen molar-refractivity contribution in [2.75, 3.05) is 19.6 Å². The summed E-state index contributed by atoms with van der Waals surface area (Å²) in [5.41, 5.74) is 2.31. The number of sulfonamides is 1. The summed E-state index contributed by atoms with van der Waals surface area (Å²) >= 11 is 11.8. The molecule has 0 spiro atoms. The van der Waals surface area contributed by atoms with Gasteiger partial charge in [-0.3, -0.25) is 0 Å². The molecule has 2 aromatic carbocycles. The van der Waals surface area contributed by atoms with Crippen LogP contribution in [0.4, 0.5) is 4.39 Å². The molecule has 0 radical (unpaired) electrons. The smallest absolute Gasteiger partial charge is 0.240 e. The van der Waals surface area contributed by atoms with Gasteiger partial charge in [-0.25, -0.2) is 17.5 Å². The van der Waals surface area contributed by atoms with Gasteiger partial charge < -0.3 is 9.88 Å². The summed E-state index contributed by atoms with van der Waals surface area (Å²) in [6, 6.07) is 9.08. The minimum absolute atomic E-state index is 0.0228. The number of rotatable bonds is 7. The van der Waals surface area contributed by atoms with E-state index in [0.29, 0.717) is 6.54 Å². The number of nitrogens with zero attached hydrogens (tertiary/aromatic N) is 1. The van der Waals surface area contributed by atoms with Crippen LogP contribution in [0, 0.1) is 5.82 Å². The van der Waals surface area contributed by atoms with E-state index in [9.17, 15) is 12.8 Å². The summed E-state index contributed by atoms with van der Waals surface area (Å²) in [6.45, 7) is 2.36. The van der Waals surface area contributed by atoms with E-state index in [4.69, 9.17) is 23.2 Å². The standard InChI is InChI=1S/C21H22Cl2FN3O2S/c22-15-3-6-21-18(10-15)14(12-25-21)2-1-8-27-9-7-16(13-27)26-30(28,29)17-4-5-20(24)19(23)11-17/h3-6,10-12,16,25-26H,1-2,7-9,13H2. The molecular weight excluding hydrogens is 448 g/mol. The third-order valence-electron chi connectivity index (χ3n) is 5.45. The Morgan fingerprint density at radius 2 is 2.03 bits per heavy atom. The van der Waals surface area contributed by atoms with Crippen molar-refractivity contribution in [2.24, 2.45) is 0 Å². The first-order chi connectivity index (χ1) is 14.3. The van der Waals surface area contributed by atoms with E-state index >= 15 is 0 Å². The monoisotopic (exact) mass is 469 g/mol. The van der Waals surface area contributed by atoms with Crippen LogP contribution < -0.4 is 4.72 Å². The van der Waals surface area contributed by atoms with Crippen LogP contribution in [-0.2, 0) is 16.4 Å². The number of halogens is 3. The molecule has 1 aromatic heterocycles. The fraction of sp³-hybridized carbons (Fsp3) is 0.333. The average Bonchev–Trinajstić information content (AvgIpc) is 3.30. The third-order valence-corrected chi connectivity index (χ3v) is 7.49. The number of benzene rings is 2. The van der Waals surface area contributed by atoms with Gasteiger partial charge in [0.25, 0.3) is 0 Å². The summed E-state index contributed by atoms with van der Waals surface area (Å²) in [6.07, 6.45) is 4.64. The first-order valence-corrected chi connectivity index (χ1v) is 12.0. The van der Waals surface area contributed by atoms with Crippen molar-refractivity contribution in [3.63, 3.8) is 0 Å². The number of nitrogens with one attached hydrogen (secondary N) is 2. The first kappa shape index (κ1) is 21.6. The Labute approximate surface area is 185 Å². The zero-order valence-corrected chi connectivity index (χ0v) is 18.5.